The lowest BCUT2D eigenvalue weighted by molar-refractivity contribution is -0.115. The van der Waals surface area contributed by atoms with Crippen LogP contribution in [0.4, 0.5) is 16.2 Å². The molecule has 2 rings (SSSR count). The minimum absolute atomic E-state index is 0.407. The van der Waals surface area contributed by atoms with Crippen LogP contribution in [0.3, 0.4) is 0 Å². The SMILES string of the molecule is COc1ccc(/C=C/NC(=O)N(C(C)=O)c2cccc(N)c2)cc1. The second-order valence-corrected chi connectivity index (χ2v) is 5.01. The Labute approximate surface area is 140 Å². The highest BCUT2D eigenvalue weighted by molar-refractivity contribution is 6.13. The molecule has 0 aromatic heterocycles. The fraction of sp³-hybridized carbons (Fsp3) is 0.111. The second-order valence-electron chi connectivity index (χ2n) is 5.01. The molecule has 0 spiro atoms. The van der Waals surface area contributed by atoms with Gasteiger partial charge in [-0.05, 0) is 42.0 Å². The zero-order valence-electron chi connectivity index (χ0n) is 13.5. The zero-order valence-corrected chi connectivity index (χ0v) is 13.5. The quantitative estimate of drug-likeness (QED) is 0.846. The molecule has 6 heteroatoms. The van der Waals surface area contributed by atoms with E-state index in [-0.39, 0.29) is 0 Å². The first-order chi connectivity index (χ1) is 11.5. The van der Waals surface area contributed by atoms with Crippen molar-refractivity contribution in [3.63, 3.8) is 0 Å². The van der Waals surface area contributed by atoms with E-state index in [0.29, 0.717) is 11.4 Å². The first-order valence-electron chi connectivity index (χ1n) is 7.28. The number of anilines is 2. The number of urea groups is 1. The number of hydrogen-bond donors (Lipinski definition) is 2. The Morgan fingerprint density at radius 1 is 1.17 bits per heavy atom. The summed E-state index contributed by atoms with van der Waals surface area (Å²) >= 11 is 0. The van der Waals surface area contributed by atoms with Crippen LogP contribution in [0.15, 0.2) is 54.7 Å². The van der Waals surface area contributed by atoms with Crippen LogP contribution >= 0.6 is 0 Å². The summed E-state index contributed by atoms with van der Waals surface area (Å²) in [6, 6.07) is 13.3. The van der Waals surface area contributed by atoms with E-state index in [2.05, 4.69) is 5.32 Å². The molecule has 0 bridgehead atoms. The molecule has 6 nitrogen and oxygen atoms in total. The first kappa shape index (κ1) is 17.1. The van der Waals surface area contributed by atoms with Gasteiger partial charge in [0, 0.05) is 18.8 Å². The molecule has 0 heterocycles. The van der Waals surface area contributed by atoms with Gasteiger partial charge in [0.25, 0.3) is 0 Å². The van der Waals surface area contributed by atoms with Gasteiger partial charge in [0.2, 0.25) is 5.91 Å². The monoisotopic (exact) mass is 325 g/mol. The minimum Gasteiger partial charge on any atom is -0.497 e. The predicted octanol–water partition coefficient (Wildman–Crippen LogP) is 3.01. The van der Waals surface area contributed by atoms with Gasteiger partial charge in [-0.2, -0.15) is 0 Å². The van der Waals surface area contributed by atoms with Crippen LogP contribution in [0.2, 0.25) is 0 Å². The average molecular weight is 325 g/mol. The molecule has 3 amide bonds. The summed E-state index contributed by atoms with van der Waals surface area (Å²) in [4.78, 5) is 25.1. The fourth-order valence-corrected chi connectivity index (χ4v) is 2.09. The Kier molecular flexibility index (Phi) is 5.57. The van der Waals surface area contributed by atoms with Crippen molar-refractivity contribution in [2.24, 2.45) is 0 Å². The summed E-state index contributed by atoms with van der Waals surface area (Å²) in [7, 11) is 1.59. The molecular weight excluding hydrogens is 306 g/mol. The molecule has 0 aliphatic heterocycles. The Balaban J connectivity index is 2.07. The molecular formula is C18H19N3O3. The largest absolute Gasteiger partial charge is 0.497 e. The molecule has 2 aromatic rings. The maximum atomic E-state index is 12.3. The van der Waals surface area contributed by atoms with Crippen LogP contribution < -0.4 is 20.7 Å². The predicted molar refractivity (Wildman–Crippen MR) is 94.6 cm³/mol. The van der Waals surface area contributed by atoms with Crippen molar-refractivity contribution in [2.45, 2.75) is 6.92 Å². The van der Waals surface area contributed by atoms with E-state index in [9.17, 15) is 9.59 Å². The summed E-state index contributed by atoms with van der Waals surface area (Å²) in [5, 5.41) is 2.57. The van der Waals surface area contributed by atoms with E-state index in [0.717, 1.165) is 16.2 Å². The van der Waals surface area contributed by atoms with Gasteiger partial charge in [0.15, 0.2) is 0 Å². The van der Waals surface area contributed by atoms with E-state index >= 15 is 0 Å². The Morgan fingerprint density at radius 3 is 2.46 bits per heavy atom. The van der Waals surface area contributed by atoms with Crippen LogP contribution in [0.25, 0.3) is 6.08 Å². The standard InChI is InChI=1S/C18H19N3O3/c1-13(22)21(16-5-3-4-15(19)12-16)18(23)20-11-10-14-6-8-17(24-2)9-7-14/h3-12H,19H2,1-2H3,(H,20,23)/b11-10+. The van der Waals surface area contributed by atoms with Crippen molar-refractivity contribution < 1.29 is 14.3 Å². The fourth-order valence-electron chi connectivity index (χ4n) is 2.09. The van der Waals surface area contributed by atoms with Gasteiger partial charge in [0.1, 0.15) is 5.75 Å². The smallest absolute Gasteiger partial charge is 0.332 e. The van der Waals surface area contributed by atoms with Gasteiger partial charge in [0.05, 0.1) is 12.8 Å². The Morgan fingerprint density at radius 2 is 1.88 bits per heavy atom. The van der Waals surface area contributed by atoms with E-state index < -0.39 is 11.9 Å². The molecule has 0 aliphatic carbocycles. The average Bonchev–Trinajstić information content (AvgIpc) is 2.55. The molecule has 3 N–H and O–H groups in total. The van der Waals surface area contributed by atoms with Crippen molar-refractivity contribution in [3.8, 4) is 5.75 Å². The molecule has 2 aromatic carbocycles. The van der Waals surface area contributed by atoms with E-state index in [1.165, 1.54) is 13.1 Å². The lowest BCUT2D eigenvalue weighted by atomic mass is 10.2. The molecule has 0 saturated heterocycles. The number of carbonyl (C=O) groups excluding carboxylic acids is 2. The number of methoxy groups -OCH3 is 1. The van der Waals surface area contributed by atoms with Crippen LogP contribution in [0.5, 0.6) is 5.75 Å². The Bertz CT molecular complexity index is 754. The van der Waals surface area contributed by atoms with E-state index in [1.54, 1.807) is 37.5 Å². The molecule has 0 fully saturated rings. The summed E-state index contributed by atoms with van der Waals surface area (Å²) in [5.74, 6) is 0.344. The molecule has 0 unspecified atom stereocenters. The number of benzene rings is 2. The first-order valence-corrected chi connectivity index (χ1v) is 7.28. The zero-order chi connectivity index (χ0) is 17.5. The molecule has 124 valence electrons. The number of ether oxygens (including phenoxy) is 1. The van der Waals surface area contributed by atoms with E-state index in [4.69, 9.17) is 10.5 Å². The number of imide groups is 1. The number of rotatable bonds is 4. The number of nitrogens with one attached hydrogen (secondary N) is 1. The van der Waals surface area contributed by atoms with Crippen molar-refractivity contribution in [3.05, 3.63) is 60.3 Å². The number of nitrogens with zero attached hydrogens (tertiary/aromatic N) is 1. The number of hydrogen-bond acceptors (Lipinski definition) is 4. The van der Waals surface area contributed by atoms with Crippen molar-refractivity contribution in [1.82, 2.24) is 5.32 Å². The van der Waals surface area contributed by atoms with Gasteiger partial charge in [-0.1, -0.05) is 18.2 Å². The Hall–Kier alpha value is -3.28. The maximum absolute atomic E-state index is 12.3. The summed E-state index contributed by atoms with van der Waals surface area (Å²) in [6.45, 7) is 1.32. The lowest BCUT2D eigenvalue weighted by Gasteiger charge is -2.19. The van der Waals surface area contributed by atoms with Crippen LogP contribution in [0.1, 0.15) is 12.5 Å². The van der Waals surface area contributed by atoms with Crippen molar-refractivity contribution in [1.29, 1.82) is 0 Å². The molecule has 0 saturated carbocycles. The van der Waals surface area contributed by atoms with Gasteiger partial charge < -0.3 is 15.8 Å². The molecule has 0 radical (unpaired) electrons. The molecule has 0 aliphatic rings. The second kappa shape index (κ2) is 7.82. The lowest BCUT2D eigenvalue weighted by Crippen LogP contribution is -2.41. The highest BCUT2D eigenvalue weighted by atomic mass is 16.5. The van der Waals surface area contributed by atoms with Gasteiger partial charge >= 0.3 is 6.03 Å². The van der Waals surface area contributed by atoms with Gasteiger partial charge in [-0.3, -0.25) is 4.79 Å². The molecule has 0 atom stereocenters. The number of nitrogens with two attached hydrogens (primary N) is 1. The molecule has 24 heavy (non-hydrogen) atoms. The summed E-state index contributed by atoms with van der Waals surface area (Å²) in [5.41, 5.74) is 7.47. The third kappa shape index (κ3) is 4.36. The third-order valence-electron chi connectivity index (χ3n) is 3.24. The highest BCUT2D eigenvalue weighted by Crippen LogP contribution is 2.18. The van der Waals surface area contributed by atoms with Crippen molar-refractivity contribution >= 4 is 29.4 Å². The van der Waals surface area contributed by atoms with Gasteiger partial charge in [-0.15, -0.1) is 0 Å². The number of nitrogen functional groups attached to an aromatic ring is 1. The van der Waals surface area contributed by atoms with Crippen LogP contribution in [0, 0.1) is 0 Å². The van der Waals surface area contributed by atoms with Crippen LogP contribution in [-0.4, -0.2) is 19.0 Å². The van der Waals surface area contributed by atoms with Crippen molar-refractivity contribution in [2.75, 3.05) is 17.7 Å². The van der Waals surface area contributed by atoms with E-state index in [1.807, 2.05) is 24.3 Å². The van der Waals surface area contributed by atoms with Crippen LogP contribution in [-0.2, 0) is 4.79 Å². The summed E-state index contributed by atoms with van der Waals surface area (Å²) < 4.78 is 5.08. The number of amides is 3. The maximum Gasteiger partial charge on any atom is 0.332 e. The topological polar surface area (TPSA) is 84.7 Å². The normalized spacial score (nSPS) is 10.4. The number of carbonyl (C=O) groups is 2. The summed E-state index contributed by atoms with van der Waals surface area (Å²) in [6.07, 6.45) is 3.20. The third-order valence-corrected chi connectivity index (χ3v) is 3.24. The highest BCUT2D eigenvalue weighted by Gasteiger charge is 2.19. The van der Waals surface area contributed by atoms with Gasteiger partial charge in [-0.25, -0.2) is 9.69 Å². The minimum atomic E-state index is -0.558.